The Morgan fingerprint density at radius 1 is 1.16 bits per heavy atom. The van der Waals surface area contributed by atoms with Crippen molar-refractivity contribution in [3.8, 4) is 0 Å². The van der Waals surface area contributed by atoms with Crippen molar-refractivity contribution >= 4 is 17.2 Å². The molecule has 0 saturated heterocycles. The highest BCUT2D eigenvalue weighted by Crippen LogP contribution is 2.23. The minimum Gasteiger partial charge on any atom is -0.349 e. The number of nitrogens with one attached hydrogen (secondary N) is 1. The average Bonchev–Trinajstić information content (AvgIpc) is 3.12. The van der Waals surface area contributed by atoms with Crippen LogP contribution >= 0.6 is 11.3 Å². The number of aryl methyl sites for hydroxylation is 1. The zero-order valence-electron chi connectivity index (χ0n) is 15.8. The highest BCUT2D eigenvalue weighted by molar-refractivity contribution is 7.10. The lowest BCUT2D eigenvalue weighted by atomic mass is 10.0. The van der Waals surface area contributed by atoms with Crippen molar-refractivity contribution in [3.05, 3.63) is 57.8 Å². The summed E-state index contributed by atoms with van der Waals surface area (Å²) in [6.45, 7) is 8.19. The summed E-state index contributed by atoms with van der Waals surface area (Å²) in [6.07, 6.45) is 3.58. The van der Waals surface area contributed by atoms with E-state index in [2.05, 4.69) is 59.3 Å². The Labute approximate surface area is 155 Å². The molecule has 1 aromatic carbocycles. The second-order valence-corrected chi connectivity index (χ2v) is 7.96. The Hall–Kier alpha value is -1.65. The summed E-state index contributed by atoms with van der Waals surface area (Å²) >= 11 is 1.75. The number of amides is 1. The van der Waals surface area contributed by atoms with E-state index in [-0.39, 0.29) is 24.0 Å². The summed E-state index contributed by atoms with van der Waals surface area (Å²) in [5.74, 6) is 0.0936. The van der Waals surface area contributed by atoms with Gasteiger partial charge in [-0.1, -0.05) is 43.7 Å². The Balaban J connectivity index is 2.15. The van der Waals surface area contributed by atoms with Crippen LogP contribution in [0.2, 0.25) is 0 Å². The van der Waals surface area contributed by atoms with Gasteiger partial charge < -0.3 is 10.6 Å². The molecule has 0 aliphatic rings. The summed E-state index contributed by atoms with van der Waals surface area (Å²) in [5.41, 5.74) is 2.65. The average molecular weight is 360 g/mol. The van der Waals surface area contributed by atoms with Gasteiger partial charge in [-0.3, -0.25) is 4.79 Å². The molecule has 1 aromatic heterocycles. The molecule has 0 fully saturated rings. The molecule has 4 heteroatoms. The van der Waals surface area contributed by atoms with Gasteiger partial charge in [0.05, 0.1) is 4.88 Å². The quantitative estimate of drug-likeness (QED) is 0.705. The number of nitrogens with two attached hydrogens (primary N) is 1. The van der Waals surface area contributed by atoms with Crippen molar-refractivity contribution in [2.75, 3.05) is 0 Å². The fourth-order valence-corrected chi connectivity index (χ4v) is 3.74. The van der Waals surface area contributed by atoms with Crippen molar-refractivity contribution in [1.82, 2.24) is 5.32 Å². The third-order valence-corrected chi connectivity index (χ3v) is 5.29. The molecule has 2 atom stereocenters. The van der Waals surface area contributed by atoms with Crippen molar-refractivity contribution < 1.29 is 10.1 Å². The number of thiophene rings is 1. The first-order chi connectivity index (χ1) is 12.0. The zero-order valence-corrected chi connectivity index (χ0v) is 16.6. The van der Waals surface area contributed by atoms with Crippen molar-refractivity contribution in [2.24, 2.45) is 0 Å². The van der Waals surface area contributed by atoms with Gasteiger partial charge in [-0.2, -0.15) is 0 Å². The molecule has 0 bridgehead atoms. The maximum absolute atomic E-state index is 12.3. The van der Waals surface area contributed by atoms with Crippen molar-refractivity contribution in [2.45, 2.75) is 65.1 Å². The molecule has 25 heavy (non-hydrogen) atoms. The summed E-state index contributed by atoms with van der Waals surface area (Å²) in [6, 6.07) is 13.3. The number of carbonyl (C=O) groups excluding carboxylic acids is 1. The SMILES string of the molecule is CCCCc1ccc([C@H]([NH2+][C@@H](C)C(=O)NC(C)C)c2cccs2)cc1. The van der Waals surface area contributed by atoms with Crippen LogP contribution in [0.3, 0.4) is 0 Å². The molecule has 3 N–H and O–H groups in total. The second-order valence-electron chi connectivity index (χ2n) is 6.98. The Bertz CT molecular complexity index is 634. The lowest BCUT2D eigenvalue weighted by Gasteiger charge is -2.20. The van der Waals surface area contributed by atoms with E-state index >= 15 is 0 Å². The van der Waals surface area contributed by atoms with Gasteiger partial charge in [-0.15, -0.1) is 11.3 Å². The van der Waals surface area contributed by atoms with E-state index in [9.17, 15) is 4.79 Å². The number of hydrogen-bond acceptors (Lipinski definition) is 2. The molecule has 136 valence electrons. The van der Waals surface area contributed by atoms with Gasteiger partial charge in [-0.05, 0) is 50.6 Å². The lowest BCUT2D eigenvalue weighted by molar-refractivity contribution is -0.704. The van der Waals surface area contributed by atoms with E-state index in [0.717, 1.165) is 6.42 Å². The molecule has 0 spiro atoms. The molecule has 2 rings (SSSR count). The summed E-state index contributed by atoms with van der Waals surface area (Å²) < 4.78 is 0. The van der Waals surface area contributed by atoms with Gasteiger partial charge in [0.1, 0.15) is 6.04 Å². The van der Waals surface area contributed by atoms with Crippen molar-refractivity contribution in [1.29, 1.82) is 0 Å². The highest BCUT2D eigenvalue weighted by atomic mass is 32.1. The minimum absolute atomic E-state index is 0.0936. The molecule has 0 saturated carbocycles. The number of rotatable bonds is 9. The van der Waals surface area contributed by atoms with E-state index in [4.69, 9.17) is 0 Å². The smallest absolute Gasteiger partial charge is 0.278 e. The summed E-state index contributed by atoms with van der Waals surface area (Å²) in [5, 5.41) is 7.28. The van der Waals surface area contributed by atoms with E-state index < -0.39 is 0 Å². The Morgan fingerprint density at radius 2 is 1.88 bits per heavy atom. The van der Waals surface area contributed by atoms with Crippen LogP contribution in [0.1, 0.15) is 62.6 Å². The summed E-state index contributed by atoms with van der Waals surface area (Å²) in [4.78, 5) is 13.6. The normalized spacial score (nSPS) is 13.6. The van der Waals surface area contributed by atoms with Crippen LogP contribution in [-0.4, -0.2) is 18.0 Å². The standard InChI is InChI=1S/C21H30N2OS/c1-5-6-8-17-10-12-18(13-11-17)20(19-9-7-14-25-19)23-16(4)21(24)22-15(2)3/h7,9-16,20,23H,5-6,8H2,1-4H3,(H,22,24)/p+1/t16-,20-/m0/s1. The van der Waals surface area contributed by atoms with Crippen LogP contribution in [0, 0.1) is 0 Å². The molecule has 0 aliphatic heterocycles. The van der Waals surface area contributed by atoms with Crippen LogP contribution in [0.15, 0.2) is 41.8 Å². The summed E-state index contributed by atoms with van der Waals surface area (Å²) in [7, 11) is 0. The van der Waals surface area contributed by atoms with Crippen LogP contribution in [0.25, 0.3) is 0 Å². The first kappa shape index (κ1) is 19.7. The molecular weight excluding hydrogens is 328 g/mol. The molecule has 0 radical (unpaired) electrons. The Morgan fingerprint density at radius 3 is 2.44 bits per heavy atom. The van der Waals surface area contributed by atoms with Gasteiger partial charge >= 0.3 is 0 Å². The van der Waals surface area contributed by atoms with Crippen molar-refractivity contribution in [3.63, 3.8) is 0 Å². The maximum atomic E-state index is 12.3. The van der Waals surface area contributed by atoms with Gasteiger partial charge in [0.15, 0.2) is 6.04 Å². The molecule has 2 aromatic rings. The van der Waals surface area contributed by atoms with E-state index in [1.54, 1.807) is 11.3 Å². The van der Waals surface area contributed by atoms with Crippen LogP contribution in [0.5, 0.6) is 0 Å². The Kier molecular flexibility index (Phi) is 7.66. The molecular formula is C21H31N2OS+. The molecule has 3 nitrogen and oxygen atoms in total. The van der Waals surface area contributed by atoms with E-state index in [1.807, 2.05) is 20.8 Å². The monoisotopic (exact) mass is 359 g/mol. The molecule has 1 heterocycles. The number of unbranched alkanes of at least 4 members (excludes halogenated alkanes) is 1. The fourth-order valence-electron chi connectivity index (χ4n) is 2.90. The number of quaternary nitrogens is 1. The number of carbonyl (C=O) groups is 1. The predicted molar refractivity (Wildman–Crippen MR) is 106 cm³/mol. The van der Waals surface area contributed by atoms with Gasteiger partial charge in [0.2, 0.25) is 0 Å². The van der Waals surface area contributed by atoms with E-state index in [1.165, 1.54) is 28.8 Å². The number of benzene rings is 1. The lowest BCUT2D eigenvalue weighted by Crippen LogP contribution is -2.92. The van der Waals surface area contributed by atoms with Crippen LogP contribution in [-0.2, 0) is 11.2 Å². The molecule has 0 aliphatic carbocycles. The third-order valence-electron chi connectivity index (χ3n) is 4.33. The third kappa shape index (κ3) is 5.98. The topological polar surface area (TPSA) is 45.7 Å². The second kappa shape index (κ2) is 9.73. The fraction of sp³-hybridized carbons (Fsp3) is 0.476. The zero-order chi connectivity index (χ0) is 18.2. The first-order valence-corrected chi connectivity index (χ1v) is 10.2. The highest BCUT2D eigenvalue weighted by Gasteiger charge is 2.25. The maximum Gasteiger partial charge on any atom is 0.278 e. The predicted octanol–water partition coefficient (Wildman–Crippen LogP) is 3.66. The molecule has 0 unspecified atom stereocenters. The molecule has 1 amide bonds. The van der Waals surface area contributed by atoms with Gasteiger partial charge in [-0.25, -0.2) is 0 Å². The van der Waals surface area contributed by atoms with E-state index in [0.29, 0.717) is 0 Å². The van der Waals surface area contributed by atoms with Gasteiger partial charge in [0.25, 0.3) is 5.91 Å². The van der Waals surface area contributed by atoms with Crippen LogP contribution in [0.4, 0.5) is 0 Å². The minimum atomic E-state index is -0.130. The van der Waals surface area contributed by atoms with Crippen LogP contribution < -0.4 is 10.6 Å². The number of hydrogen-bond donors (Lipinski definition) is 2. The first-order valence-electron chi connectivity index (χ1n) is 9.28. The van der Waals surface area contributed by atoms with Gasteiger partial charge in [0, 0.05) is 11.6 Å². The largest absolute Gasteiger partial charge is 0.349 e.